The molecule has 118 valence electrons. The van der Waals surface area contributed by atoms with E-state index in [0.29, 0.717) is 0 Å². The zero-order chi connectivity index (χ0) is 15.8. The maximum Gasteiger partial charge on any atom is 0.192 e. The molecule has 0 heterocycles. The van der Waals surface area contributed by atoms with E-state index in [0.717, 1.165) is 24.7 Å². The quantitative estimate of drug-likeness (QED) is 0.243. The van der Waals surface area contributed by atoms with Crippen molar-refractivity contribution in [3.63, 3.8) is 0 Å². The van der Waals surface area contributed by atoms with E-state index in [4.69, 9.17) is 4.43 Å². The van der Waals surface area contributed by atoms with Gasteiger partial charge in [0, 0.05) is 6.10 Å². The van der Waals surface area contributed by atoms with E-state index in [1.807, 2.05) is 13.0 Å². The van der Waals surface area contributed by atoms with Crippen molar-refractivity contribution in [1.82, 2.24) is 0 Å². The Morgan fingerprint density at radius 2 is 1.85 bits per heavy atom. The van der Waals surface area contributed by atoms with Crippen molar-refractivity contribution >= 4 is 14.6 Å². The molecule has 0 saturated heterocycles. The van der Waals surface area contributed by atoms with Crippen molar-refractivity contribution in [2.75, 3.05) is 0 Å². The fraction of sp³-hybridized carbons (Fsp3) is 0.824. The van der Waals surface area contributed by atoms with Crippen molar-refractivity contribution in [3.05, 3.63) is 11.6 Å². The van der Waals surface area contributed by atoms with Crippen LogP contribution >= 0.6 is 0 Å². The monoisotopic (exact) mass is 298 g/mol. The summed E-state index contributed by atoms with van der Waals surface area (Å²) >= 11 is 0. The van der Waals surface area contributed by atoms with Crippen LogP contribution in [0.2, 0.25) is 18.1 Å². The summed E-state index contributed by atoms with van der Waals surface area (Å²) in [6.45, 7) is 15.5. The maximum absolute atomic E-state index is 10.7. The zero-order valence-corrected chi connectivity index (χ0v) is 15.6. The van der Waals surface area contributed by atoms with Gasteiger partial charge in [0.1, 0.15) is 6.29 Å². The standard InChI is InChI=1S/C17H34O2Si/c1-8-9-10-11-16(13-12-15(2)14-18)19-20(6,7)17(3,4)5/h12,14,16H,8-11,13H2,1-7H3/b15-12+/t16-/m1/s1. The first-order valence-electron chi connectivity index (χ1n) is 7.93. The molecule has 3 heteroatoms. The number of carbonyl (C=O) groups excluding carboxylic acids is 1. The number of unbranched alkanes of at least 4 members (excludes halogenated alkanes) is 2. The van der Waals surface area contributed by atoms with Crippen LogP contribution in [0, 0.1) is 0 Å². The molecule has 0 radical (unpaired) electrons. The zero-order valence-electron chi connectivity index (χ0n) is 14.6. The predicted molar refractivity (Wildman–Crippen MR) is 90.7 cm³/mol. The van der Waals surface area contributed by atoms with E-state index in [9.17, 15) is 4.79 Å². The second-order valence-electron chi connectivity index (χ2n) is 7.30. The largest absolute Gasteiger partial charge is 0.414 e. The third-order valence-corrected chi connectivity index (χ3v) is 8.82. The first kappa shape index (κ1) is 19.6. The molecule has 0 rings (SSSR count). The minimum absolute atomic E-state index is 0.236. The summed E-state index contributed by atoms with van der Waals surface area (Å²) in [5, 5.41) is 0.236. The number of allylic oxidation sites excluding steroid dienone is 1. The van der Waals surface area contributed by atoms with Crippen LogP contribution in [-0.4, -0.2) is 20.7 Å². The van der Waals surface area contributed by atoms with E-state index < -0.39 is 8.32 Å². The summed E-state index contributed by atoms with van der Waals surface area (Å²) in [7, 11) is -1.73. The highest BCUT2D eigenvalue weighted by molar-refractivity contribution is 6.74. The molecule has 0 aromatic carbocycles. The molecule has 0 fully saturated rings. The molecule has 0 aliphatic rings. The molecule has 0 aromatic rings. The molecule has 0 aliphatic carbocycles. The van der Waals surface area contributed by atoms with Crippen LogP contribution in [-0.2, 0) is 9.22 Å². The average molecular weight is 299 g/mol. The normalized spacial score (nSPS) is 15.2. The van der Waals surface area contributed by atoms with E-state index in [2.05, 4.69) is 40.8 Å². The first-order valence-corrected chi connectivity index (χ1v) is 10.8. The summed E-state index contributed by atoms with van der Waals surface area (Å²) in [6, 6.07) is 0. The lowest BCUT2D eigenvalue weighted by atomic mass is 10.1. The predicted octanol–water partition coefficient (Wildman–Crippen LogP) is 5.49. The highest BCUT2D eigenvalue weighted by Gasteiger charge is 2.38. The number of hydrogen-bond acceptors (Lipinski definition) is 2. The lowest BCUT2D eigenvalue weighted by Crippen LogP contribution is -2.43. The van der Waals surface area contributed by atoms with Crippen molar-refractivity contribution in [1.29, 1.82) is 0 Å². The van der Waals surface area contributed by atoms with Crippen LogP contribution in [0.3, 0.4) is 0 Å². The van der Waals surface area contributed by atoms with E-state index in [1.165, 1.54) is 19.3 Å². The van der Waals surface area contributed by atoms with Gasteiger partial charge in [0.05, 0.1) is 0 Å². The Hall–Kier alpha value is -0.413. The van der Waals surface area contributed by atoms with Crippen molar-refractivity contribution in [3.8, 4) is 0 Å². The summed E-state index contributed by atoms with van der Waals surface area (Å²) in [4.78, 5) is 10.7. The summed E-state index contributed by atoms with van der Waals surface area (Å²) in [5.41, 5.74) is 0.810. The summed E-state index contributed by atoms with van der Waals surface area (Å²) in [5.74, 6) is 0. The highest BCUT2D eigenvalue weighted by atomic mass is 28.4. The van der Waals surface area contributed by atoms with Crippen molar-refractivity contribution < 1.29 is 9.22 Å². The molecule has 0 aliphatic heterocycles. The second-order valence-corrected chi connectivity index (χ2v) is 12.1. The number of aldehydes is 1. The first-order chi connectivity index (χ1) is 9.14. The number of rotatable bonds is 9. The molecule has 2 nitrogen and oxygen atoms in total. The molecule has 0 unspecified atom stereocenters. The molecule has 0 bridgehead atoms. The SMILES string of the molecule is CCCCC[C@H](C/C=C(\C)C=O)O[Si](C)(C)C(C)(C)C. The van der Waals surface area contributed by atoms with Crippen LogP contribution in [0.5, 0.6) is 0 Å². The third kappa shape index (κ3) is 7.39. The fourth-order valence-corrected chi connectivity index (χ4v) is 3.21. The van der Waals surface area contributed by atoms with Crippen LogP contribution in [0.4, 0.5) is 0 Å². The molecule has 0 saturated carbocycles. The molecule has 0 spiro atoms. The van der Waals surface area contributed by atoms with Gasteiger partial charge in [-0.05, 0) is 43.5 Å². The molecular formula is C17H34O2Si. The van der Waals surface area contributed by atoms with E-state index in [1.54, 1.807) is 0 Å². The fourth-order valence-electron chi connectivity index (χ4n) is 1.81. The Kier molecular flexibility index (Phi) is 8.60. The van der Waals surface area contributed by atoms with Gasteiger partial charge in [0.2, 0.25) is 0 Å². The minimum Gasteiger partial charge on any atom is -0.414 e. The molecule has 1 atom stereocenters. The van der Waals surface area contributed by atoms with E-state index >= 15 is 0 Å². The van der Waals surface area contributed by atoms with Crippen LogP contribution in [0.1, 0.15) is 66.7 Å². The summed E-state index contributed by atoms with van der Waals surface area (Å²) in [6.07, 6.45) is 8.88. The molecule has 0 aromatic heterocycles. The van der Waals surface area contributed by atoms with Gasteiger partial charge in [-0.3, -0.25) is 4.79 Å². The Morgan fingerprint density at radius 1 is 1.25 bits per heavy atom. The smallest absolute Gasteiger partial charge is 0.192 e. The van der Waals surface area contributed by atoms with Crippen molar-refractivity contribution in [2.24, 2.45) is 0 Å². The maximum atomic E-state index is 10.7. The van der Waals surface area contributed by atoms with Crippen LogP contribution < -0.4 is 0 Å². The Balaban J connectivity index is 4.71. The van der Waals surface area contributed by atoms with Gasteiger partial charge in [-0.15, -0.1) is 0 Å². The Morgan fingerprint density at radius 3 is 2.30 bits per heavy atom. The highest BCUT2D eigenvalue weighted by Crippen LogP contribution is 2.38. The van der Waals surface area contributed by atoms with Gasteiger partial charge < -0.3 is 4.43 Å². The van der Waals surface area contributed by atoms with Gasteiger partial charge >= 0.3 is 0 Å². The van der Waals surface area contributed by atoms with Gasteiger partial charge in [0.15, 0.2) is 8.32 Å². The number of carbonyl (C=O) groups is 1. The van der Waals surface area contributed by atoms with Gasteiger partial charge in [-0.1, -0.05) is 53.0 Å². The van der Waals surface area contributed by atoms with Gasteiger partial charge in [0.25, 0.3) is 0 Å². The minimum atomic E-state index is -1.73. The van der Waals surface area contributed by atoms with Gasteiger partial charge in [-0.25, -0.2) is 0 Å². The lowest BCUT2D eigenvalue weighted by Gasteiger charge is -2.39. The third-order valence-electron chi connectivity index (χ3n) is 4.29. The summed E-state index contributed by atoms with van der Waals surface area (Å²) < 4.78 is 6.52. The van der Waals surface area contributed by atoms with Gasteiger partial charge in [-0.2, -0.15) is 0 Å². The van der Waals surface area contributed by atoms with E-state index in [-0.39, 0.29) is 11.1 Å². The molecule has 0 N–H and O–H groups in total. The topological polar surface area (TPSA) is 26.3 Å². The van der Waals surface area contributed by atoms with Crippen LogP contribution in [0.15, 0.2) is 11.6 Å². The molecular weight excluding hydrogens is 264 g/mol. The second kappa shape index (κ2) is 8.78. The van der Waals surface area contributed by atoms with Crippen LogP contribution in [0.25, 0.3) is 0 Å². The number of hydrogen-bond donors (Lipinski definition) is 0. The Bertz CT molecular complexity index is 313. The lowest BCUT2D eigenvalue weighted by molar-refractivity contribution is -0.104. The average Bonchev–Trinajstić information content (AvgIpc) is 2.33. The molecule has 20 heavy (non-hydrogen) atoms. The Labute approximate surface area is 127 Å². The molecule has 0 amide bonds. The van der Waals surface area contributed by atoms with Crippen molar-refractivity contribution in [2.45, 2.75) is 91.0 Å².